The molecule has 0 saturated carbocycles. The van der Waals surface area contributed by atoms with Crippen LogP contribution in [0.3, 0.4) is 0 Å². The van der Waals surface area contributed by atoms with Crippen molar-refractivity contribution in [2.45, 2.75) is 26.2 Å². The molecule has 0 amide bonds. The second-order valence-corrected chi connectivity index (χ2v) is 4.97. The zero-order chi connectivity index (χ0) is 13.7. The van der Waals surface area contributed by atoms with Crippen LogP contribution < -0.4 is 16.2 Å². The molecule has 1 atom stereocenters. The molecule has 1 unspecified atom stereocenters. The summed E-state index contributed by atoms with van der Waals surface area (Å²) >= 11 is 0. The van der Waals surface area contributed by atoms with Crippen LogP contribution in [0, 0.1) is 5.92 Å². The number of hydrogen-bond donors (Lipinski definition) is 2. The van der Waals surface area contributed by atoms with Crippen LogP contribution in [0.2, 0.25) is 0 Å². The Hall–Kier alpha value is -1.40. The highest BCUT2D eigenvalue weighted by atomic mass is 16.5. The van der Waals surface area contributed by atoms with Gasteiger partial charge in [0.25, 0.3) is 0 Å². The number of aromatic nitrogens is 2. The molecule has 1 aromatic rings. The Balaban J connectivity index is 2.19. The standard InChI is InChI=1S/C13H23N5O/c1-3-4-11-12(17-14)15-9-16-13(11)18-6-5-10(7-18)8-19-2/h9-10H,3-8,14H2,1-2H3,(H,15,16,17). The summed E-state index contributed by atoms with van der Waals surface area (Å²) in [5, 5.41) is 0. The Bertz CT molecular complexity index is 412. The van der Waals surface area contributed by atoms with E-state index in [4.69, 9.17) is 10.6 Å². The molecular formula is C13H23N5O. The first kappa shape index (κ1) is 14.0. The van der Waals surface area contributed by atoms with Crippen molar-refractivity contribution < 1.29 is 4.74 Å². The molecule has 6 nitrogen and oxygen atoms in total. The van der Waals surface area contributed by atoms with Crippen molar-refractivity contribution in [2.75, 3.05) is 37.1 Å². The predicted molar refractivity (Wildman–Crippen MR) is 76.0 cm³/mol. The minimum Gasteiger partial charge on any atom is -0.384 e. The summed E-state index contributed by atoms with van der Waals surface area (Å²) in [6, 6.07) is 0. The minimum atomic E-state index is 0.587. The SMILES string of the molecule is CCCc1c(NN)ncnc1N1CCC(COC)C1. The van der Waals surface area contributed by atoms with Gasteiger partial charge in [0.15, 0.2) is 0 Å². The third-order valence-corrected chi connectivity index (χ3v) is 3.55. The van der Waals surface area contributed by atoms with Crippen molar-refractivity contribution in [3.8, 4) is 0 Å². The van der Waals surface area contributed by atoms with E-state index in [2.05, 4.69) is 27.2 Å². The molecule has 2 rings (SSSR count). The maximum absolute atomic E-state index is 5.54. The summed E-state index contributed by atoms with van der Waals surface area (Å²) in [4.78, 5) is 11.0. The molecule has 6 heteroatoms. The van der Waals surface area contributed by atoms with Gasteiger partial charge in [0, 0.05) is 31.7 Å². The summed E-state index contributed by atoms with van der Waals surface area (Å²) in [7, 11) is 1.76. The van der Waals surface area contributed by atoms with Crippen molar-refractivity contribution in [1.29, 1.82) is 0 Å². The number of nitrogens with zero attached hydrogens (tertiary/aromatic N) is 3. The first-order valence-electron chi connectivity index (χ1n) is 6.84. The molecule has 0 aromatic carbocycles. The molecule has 1 fully saturated rings. The van der Waals surface area contributed by atoms with E-state index in [1.54, 1.807) is 13.4 Å². The Labute approximate surface area is 114 Å². The molecule has 1 aliphatic heterocycles. The molecule has 0 spiro atoms. The lowest BCUT2D eigenvalue weighted by atomic mass is 10.1. The highest BCUT2D eigenvalue weighted by molar-refractivity contribution is 5.58. The second kappa shape index (κ2) is 6.68. The van der Waals surface area contributed by atoms with Crippen LogP contribution in [-0.4, -0.2) is 36.8 Å². The van der Waals surface area contributed by atoms with E-state index >= 15 is 0 Å². The zero-order valence-corrected chi connectivity index (χ0v) is 11.7. The number of hydrogen-bond acceptors (Lipinski definition) is 6. The van der Waals surface area contributed by atoms with Gasteiger partial charge in [-0.15, -0.1) is 0 Å². The molecule has 2 heterocycles. The highest BCUT2D eigenvalue weighted by Gasteiger charge is 2.26. The lowest BCUT2D eigenvalue weighted by Gasteiger charge is -2.21. The van der Waals surface area contributed by atoms with Crippen molar-refractivity contribution in [1.82, 2.24) is 9.97 Å². The number of rotatable bonds is 6. The van der Waals surface area contributed by atoms with Gasteiger partial charge in [-0.05, 0) is 12.8 Å². The van der Waals surface area contributed by atoms with Crippen molar-refractivity contribution in [2.24, 2.45) is 11.8 Å². The maximum Gasteiger partial charge on any atom is 0.148 e. The van der Waals surface area contributed by atoms with Crippen LogP contribution in [-0.2, 0) is 11.2 Å². The monoisotopic (exact) mass is 265 g/mol. The lowest BCUT2D eigenvalue weighted by molar-refractivity contribution is 0.161. The Morgan fingerprint density at radius 3 is 3.05 bits per heavy atom. The molecule has 1 aliphatic rings. The van der Waals surface area contributed by atoms with Crippen LogP contribution >= 0.6 is 0 Å². The third kappa shape index (κ3) is 3.13. The number of hydrazine groups is 1. The predicted octanol–water partition coefficient (Wildman–Crippen LogP) is 1.19. The summed E-state index contributed by atoms with van der Waals surface area (Å²) < 4.78 is 5.24. The molecule has 0 aliphatic carbocycles. The number of anilines is 2. The highest BCUT2D eigenvalue weighted by Crippen LogP contribution is 2.29. The van der Waals surface area contributed by atoms with Gasteiger partial charge in [-0.3, -0.25) is 0 Å². The molecule has 106 valence electrons. The Morgan fingerprint density at radius 1 is 1.53 bits per heavy atom. The number of nitrogens with two attached hydrogens (primary N) is 1. The van der Waals surface area contributed by atoms with E-state index in [0.717, 1.165) is 56.2 Å². The Kier molecular flexibility index (Phi) is 4.93. The van der Waals surface area contributed by atoms with Crippen molar-refractivity contribution >= 4 is 11.6 Å². The van der Waals surface area contributed by atoms with E-state index in [0.29, 0.717) is 5.92 Å². The molecule has 0 bridgehead atoms. The van der Waals surface area contributed by atoms with Gasteiger partial charge in [0.05, 0.1) is 6.61 Å². The zero-order valence-electron chi connectivity index (χ0n) is 11.7. The number of nitrogens with one attached hydrogen (secondary N) is 1. The Morgan fingerprint density at radius 2 is 2.37 bits per heavy atom. The van der Waals surface area contributed by atoms with Gasteiger partial charge in [-0.2, -0.15) is 0 Å². The molecule has 1 saturated heterocycles. The third-order valence-electron chi connectivity index (χ3n) is 3.55. The van der Waals surface area contributed by atoms with Crippen LogP contribution in [0.15, 0.2) is 6.33 Å². The van der Waals surface area contributed by atoms with Gasteiger partial charge in [-0.25, -0.2) is 15.8 Å². The first-order chi connectivity index (χ1) is 9.30. The van der Waals surface area contributed by atoms with Gasteiger partial charge in [-0.1, -0.05) is 13.3 Å². The largest absolute Gasteiger partial charge is 0.384 e. The van der Waals surface area contributed by atoms with Gasteiger partial charge < -0.3 is 15.1 Å². The van der Waals surface area contributed by atoms with Crippen molar-refractivity contribution in [3.05, 3.63) is 11.9 Å². The molecule has 1 aromatic heterocycles. The van der Waals surface area contributed by atoms with Crippen LogP contribution in [0.25, 0.3) is 0 Å². The molecule has 3 N–H and O–H groups in total. The number of nitrogen functional groups attached to an aromatic ring is 1. The van der Waals surface area contributed by atoms with E-state index in [-0.39, 0.29) is 0 Å². The summed E-state index contributed by atoms with van der Waals surface area (Å²) in [5.41, 5.74) is 3.79. The molecule has 19 heavy (non-hydrogen) atoms. The summed E-state index contributed by atoms with van der Waals surface area (Å²) in [5.74, 6) is 7.89. The van der Waals surface area contributed by atoms with Crippen LogP contribution in [0.5, 0.6) is 0 Å². The van der Waals surface area contributed by atoms with Crippen LogP contribution in [0.1, 0.15) is 25.3 Å². The minimum absolute atomic E-state index is 0.587. The van der Waals surface area contributed by atoms with Crippen molar-refractivity contribution in [3.63, 3.8) is 0 Å². The normalized spacial score (nSPS) is 18.9. The average Bonchev–Trinajstić information content (AvgIpc) is 2.88. The fourth-order valence-corrected chi connectivity index (χ4v) is 2.68. The van der Waals surface area contributed by atoms with E-state index in [9.17, 15) is 0 Å². The summed E-state index contributed by atoms with van der Waals surface area (Å²) in [6.45, 7) is 4.97. The average molecular weight is 265 g/mol. The van der Waals surface area contributed by atoms with Gasteiger partial charge in [0.1, 0.15) is 18.0 Å². The quantitative estimate of drug-likeness (QED) is 0.594. The fraction of sp³-hybridized carbons (Fsp3) is 0.692. The second-order valence-electron chi connectivity index (χ2n) is 4.97. The topological polar surface area (TPSA) is 76.3 Å². The van der Waals surface area contributed by atoms with E-state index in [1.165, 1.54) is 0 Å². The number of ether oxygens (including phenoxy) is 1. The van der Waals surface area contributed by atoms with Gasteiger partial charge in [0.2, 0.25) is 0 Å². The fourth-order valence-electron chi connectivity index (χ4n) is 2.68. The molecular weight excluding hydrogens is 242 g/mol. The van der Waals surface area contributed by atoms with Crippen LogP contribution in [0.4, 0.5) is 11.6 Å². The number of methoxy groups -OCH3 is 1. The molecule has 0 radical (unpaired) electrons. The smallest absolute Gasteiger partial charge is 0.148 e. The summed E-state index contributed by atoms with van der Waals surface area (Å²) in [6.07, 6.45) is 4.70. The van der Waals surface area contributed by atoms with E-state index < -0.39 is 0 Å². The van der Waals surface area contributed by atoms with Gasteiger partial charge >= 0.3 is 0 Å². The lowest BCUT2D eigenvalue weighted by Crippen LogP contribution is -2.24. The van der Waals surface area contributed by atoms with E-state index in [1.807, 2.05) is 0 Å². The first-order valence-corrected chi connectivity index (χ1v) is 6.84. The maximum atomic E-state index is 5.54.